The van der Waals surface area contributed by atoms with E-state index in [9.17, 15) is 0 Å². The third-order valence-corrected chi connectivity index (χ3v) is 2.94. The normalized spacial score (nSPS) is 10.8. The molecule has 0 aliphatic carbocycles. The van der Waals surface area contributed by atoms with Gasteiger partial charge in [-0.25, -0.2) is 4.98 Å². The van der Waals surface area contributed by atoms with Crippen molar-refractivity contribution in [3.63, 3.8) is 0 Å². The molecule has 1 aromatic heterocycles. The van der Waals surface area contributed by atoms with Gasteiger partial charge in [-0.3, -0.25) is 0 Å². The summed E-state index contributed by atoms with van der Waals surface area (Å²) < 4.78 is 1.17. The van der Waals surface area contributed by atoms with Gasteiger partial charge < -0.3 is 4.98 Å². The van der Waals surface area contributed by atoms with Gasteiger partial charge in [0.2, 0.25) is 0 Å². The fourth-order valence-electron chi connectivity index (χ4n) is 1.16. The smallest absolute Gasteiger partial charge is 0.0937 e. The first kappa shape index (κ1) is 8.31. The zero-order valence-corrected chi connectivity index (χ0v) is 9.06. The number of imidazole rings is 1. The van der Waals surface area contributed by atoms with Crippen molar-refractivity contribution in [2.45, 2.75) is 5.88 Å². The van der Waals surface area contributed by atoms with Crippen LogP contribution in [-0.2, 0) is 5.88 Å². The number of aromatic amines is 1. The third-order valence-electron chi connectivity index (χ3n) is 1.76. The molecule has 0 aliphatic rings. The van der Waals surface area contributed by atoms with Crippen LogP contribution in [0.1, 0.15) is 5.56 Å². The molecule has 0 atom stereocenters. The Balaban J connectivity index is 2.82. The lowest BCUT2D eigenvalue weighted by atomic mass is 10.2. The van der Waals surface area contributed by atoms with Gasteiger partial charge in [0.05, 0.1) is 17.4 Å². The molecule has 0 bridgehead atoms. The molecule has 2 nitrogen and oxygen atoms in total. The van der Waals surface area contributed by atoms with Crippen LogP contribution in [0.15, 0.2) is 18.5 Å². The van der Waals surface area contributed by atoms with Crippen LogP contribution in [-0.4, -0.2) is 9.97 Å². The van der Waals surface area contributed by atoms with Gasteiger partial charge in [0.15, 0.2) is 0 Å². The fourth-order valence-corrected chi connectivity index (χ4v) is 1.97. The summed E-state index contributed by atoms with van der Waals surface area (Å²) in [4.78, 5) is 7.29. The number of fused-ring (bicyclic) bond motifs is 1. The van der Waals surface area contributed by atoms with E-state index in [1.807, 2.05) is 12.1 Å². The molecule has 4 heteroatoms. The lowest BCUT2D eigenvalue weighted by molar-refractivity contribution is 1.33. The summed E-state index contributed by atoms with van der Waals surface area (Å²) in [7, 11) is 0. The number of hydrogen-bond donors (Lipinski definition) is 1. The predicted molar refractivity (Wildman–Crippen MR) is 58.4 cm³/mol. The van der Waals surface area contributed by atoms with E-state index in [-0.39, 0.29) is 0 Å². The number of hydrogen-bond acceptors (Lipinski definition) is 1. The van der Waals surface area contributed by atoms with Crippen molar-refractivity contribution in [3.05, 3.63) is 27.6 Å². The van der Waals surface area contributed by atoms with Gasteiger partial charge in [0.1, 0.15) is 0 Å². The predicted octanol–water partition coefficient (Wildman–Crippen LogP) is 2.91. The second-order valence-electron chi connectivity index (χ2n) is 2.47. The van der Waals surface area contributed by atoms with Crippen LogP contribution in [0.3, 0.4) is 0 Å². The van der Waals surface area contributed by atoms with Crippen molar-refractivity contribution in [1.29, 1.82) is 0 Å². The van der Waals surface area contributed by atoms with E-state index in [1.165, 1.54) is 3.57 Å². The number of halogens is 2. The Morgan fingerprint density at radius 1 is 1.50 bits per heavy atom. The van der Waals surface area contributed by atoms with Crippen molar-refractivity contribution in [3.8, 4) is 0 Å². The summed E-state index contributed by atoms with van der Waals surface area (Å²) in [6, 6.07) is 4.05. The average molecular weight is 293 g/mol. The fraction of sp³-hybridized carbons (Fsp3) is 0.125. The highest BCUT2D eigenvalue weighted by Gasteiger charge is 2.04. The zero-order chi connectivity index (χ0) is 8.55. The maximum atomic E-state index is 5.76. The maximum Gasteiger partial charge on any atom is 0.0937 e. The Morgan fingerprint density at radius 2 is 2.33 bits per heavy atom. The first-order chi connectivity index (χ1) is 5.83. The molecule has 1 N–H and O–H groups in total. The highest BCUT2D eigenvalue weighted by Crippen LogP contribution is 2.21. The monoisotopic (exact) mass is 292 g/mol. The molecule has 0 radical (unpaired) electrons. The van der Waals surface area contributed by atoms with Crippen LogP contribution in [0.4, 0.5) is 0 Å². The Morgan fingerprint density at radius 3 is 3.08 bits per heavy atom. The van der Waals surface area contributed by atoms with E-state index in [2.05, 4.69) is 32.6 Å². The molecule has 0 aliphatic heterocycles. The summed E-state index contributed by atoms with van der Waals surface area (Å²) >= 11 is 8.03. The summed E-state index contributed by atoms with van der Waals surface area (Å²) in [6.45, 7) is 0. The van der Waals surface area contributed by atoms with Gasteiger partial charge in [-0.2, -0.15) is 0 Å². The number of alkyl halides is 1. The Bertz CT molecular complexity index is 410. The van der Waals surface area contributed by atoms with Gasteiger partial charge in [0, 0.05) is 9.45 Å². The van der Waals surface area contributed by atoms with E-state index in [1.54, 1.807) is 6.33 Å². The molecule has 0 saturated heterocycles. The molecule has 2 rings (SSSR count). The second kappa shape index (κ2) is 3.22. The number of benzene rings is 1. The van der Waals surface area contributed by atoms with Gasteiger partial charge in [-0.1, -0.05) is 6.07 Å². The van der Waals surface area contributed by atoms with Crippen molar-refractivity contribution >= 4 is 45.2 Å². The minimum absolute atomic E-state index is 0.512. The molecule has 62 valence electrons. The van der Waals surface area contributed by atoms with Crippen molar-refractivity contribution < 1.29 is 0 Å². The van der Waals surface area contributed by atoms with Crippen LogP contribution >= 0.6 is 34.2 Å². The topological polar surface area (TPSA) is 28.7 Å². The molecule has 12 heavy (non-hydrogen) atoms. The van der Waals surface area contributed by atoms with Crippen LogP contribution in [0.5, 0.6) is 0 Å². The highest BCUT2D eigenvalue weighted by molar-refractivity contribution is 14.1. The van der Waals surface area contributed by atoms with Gasteiger partial charge in [0.25, 0.3) is 0 Å². The number of nitrogens with zero attached hydrogens (tertiary/aromatic N) is 1. The van der Waals surface area contributed by atoms with E-state index in [0.29, 0.717) is 5.88 Å². The van der Waals surface area contributed by atoms with Gasteiger partial charge in [-0.15, -0.1) is 11.6 Å². The van der Waals surface area contributed by atoms with E-state index in [0.717, 1.165) is 16.6 Å². The molecule has 0 unspecified atom stereocenters. The maximum absolute atomic E-state index is 5.76. The third kappa shape index (κ3) is 1.21. The average Bonchev–Trinajstić information content (AvgIpc) is 2.54. The Labute approximate surface area is 88.5 Å². The van der Waals surface area contributed by atoms with Crippen molar-refractivity contribution in [1.82, 2.24) is 9.97 Å². The van der Waals surface area contributed by atoms with Gasteiger partial charge >= 0.3 is 0 Å². The molecular formula is C8H6ClIN2. The Kier molecular flexibility index (Phi) is 2.23. The molecule has 0 spiro atoms. The van der Waals surface area contributed by atoms with Gasteiger partial charge in [-0.05, 0) is 34.2 Å². The molecule has 1 aromatic carbocycles. The lowest BCUT2D eigenvalue weighted by Gasteiger charge is -1.97. The minimum Gasteiger partial charge on any atom is -0.344 e. The molecule has 0 amide bonds. The van der Waals surface area contributed by atoms with Crippen molar-refractivity contribution in [2.75, 3.05) is 0 Å². The molecule has 1 heterocycles. The second-order valence-corrected chi connectivity index (χ2v) is 3.90. The van der Waals surface area contributed by atoms with Crippen LogP contribution in [0.2, 0.25) is 0 Å². The van der Waals surface area contributed by atoms with Crippen LogP contribution in [0.25, 0.3) is 11.0 Å². The van der Waals surface area contributed by atoms with Crippen LogP contribution in [0, 0.1) is 3.57 Å². The lowest BCUT2D eigenvalue weighted by Crippen LogP contribution is -1.83. The standard InChI is InChI=1S/C8H6ClIN2/c9-3-5-1-2-6(10)8-7(5)11-4-12-8/h1-2,4H,3H2,(H,11,12). The minimum atomic E-state index is 0.512. The number of H-pyrrole nitrogens is 1. The summed E-state index contributed by atoms with van der Waals surface area (Å²) in [5, 5.41) is 0. The summed E-state index contributed by atoms with van der Waals surface area (Å²) in [5.74, 6) is 0.512. The molecule has 0 fully saturated rings. The largest absolute Gasteiger partial charge is 0.344 e. The van der Waals surface area contributed by atoms with E-state index >= 15 is 0 Å². The SMILES string of the molecule is ClCc1ccc(I)c2[nH]cnc12. The molecule has 2 aromatic rings. The first-order valence-corrected chi connectivity index (χ1v) is 5.10. The number of rotatable bonds is 1. The van der Waals surface area contributed by atoms with E-state index < -0.39 is 0 Å². The number of nitrogens with one attached hydrogen (secondary N) is 1. The number of aromatic nitrogens is 2. The van der Waals surface area contributed by atoms with Crippen molar-refractivity contribution in [2.24, 2.45) is 0 Å². The summed E-state index contributed by atoms with van der Waals surface area (Å²) in [6.07, 6.45) is 1.70. The van der Waals surface area contributed by atoms with E-state index in [4.69, 9.17) is 11.6 Å². The summed E-state index contributed by atoms with van der Waals surface area (Å²) in [5.41, 5.74) is 3.14. The molecular weight excluding hydrogens is 286 g/mol. The molecule has 0 saturated carbocycles. The van der Waals surface area contributed by atoms with Crippen LogP contribution < -0.4 is 0 Å². The Hall–Kier alpha value is -0.290. The first-order valence-electron chi connectivity index (χ1n) is 3.49. The quantitative estimate of drug-likeness (QED) is 0.635. The highest BCUT2D eigenvalue weighted by atomic mass is 127. The zero-order valence-electron chi connectivity index (χ0n) is 6.14.